The molecule has 6 nitrogen and oxygen atoms in total. The minimum absolute atomic E-state index is 0.00558. The van der Waals surface area contributed by atoms with Gasteiger partial charge in [0.25, 0.3) is 11.8 Å². The van der Waals surface area contributed by atoms with E-state index in [-0.39, 0.29) is 29.9 Å². The number of halogens is 1. The number of hydrogen-bond acceptors (Lipinski definition) is 5. The van der Waals surface area contributed by atoms with Crippen LogP contribution in [-0.2, 0) is 9.63 Å². The molecule has 0 aromatic heterocycles. The topological polar surface area (TPSA) is 72.9 Å². The number of hydrogen-bond donors (Lipinski definition) is 0. The van der Waals surface area contributed by atoms with Crippen molar-refractivity contribution in [3.63, 3.8) is 0 Å². The number of nitrogens with zero attached hydrogens (tertiary/aromatic N) is 1. The van der Waals surface area contributed by atoms with E-state index in [2.05, 4.69) is 0 Å². The summed E-state index contributed by atoms with van der Waals surface area (Å²) in [5.41, 5.74) is 0.357. The largest absolute Gasteiger partial charge is 0.490 e. The molecular formula is C17H12FNO5. The minimum Gasteiger partial charge on any atom is -0.490 e. The van der Waals surface area contributed by atoms with Gasteiger partial charge in [0, 0.05) is 0 Å². The normalized spacial score (nSPS) is 13.0. The minimum atomic E-state index is -0.833. The van der Waals surface area contributed by atoms with Gasteiger partial charge in [0.15, 0.2) is 11.6 Å². The number of carbonyl (C=O) groups excluding carboxylic acids is 3. The monoisotopic (exact) mass is 329 g/mol. The van der Waals surface area contributed by atoms with Crippen molar-refractivity contribution in [1.29, 1.82) is 0 Å². The third-order valence-electron chi connectivity index (χ3n) is 3.35. The summed E-state index contributed by atoms with van der Waals surface area (Å²) in [6.07, 6.45) is -0.248. The zero-order valence-corrected chi connectivity index (χ0v) is 12.4. The Morgan fingerprint density at radius 3 is 2.17 bits per heavy atom. The molecule has 0 unspecified atom stereocenters. The number of rotatable bonds is 5. The van der Waals surface area contributed by atoms with Crippen LogP contribution in [0.4, 0.5) is 4.39 Å². The Morgan fingerprint density at radius 1 is 0.958 bits per heavy atom. The fraction of sp³-hybridized carbons (Fsp3) is 0.118. The van der Waals surface area contributed by atoms with Crippen molar-refractivity contribution in [2.75, 3.05) is 6.61 Å². The summed E-state index contributed by atoms with van der Waals surface area (Å²) in [7, 11) is 0. The first-order chi connectivity index (χ1) is 11.6. The van der Waals surface area contributed by atoms with Gasteiger partial charge in [-0.1, -0.05) is 29.3 Å². The van der Waals surface area contributed by atoms with Gasteiger partial charge in [0.2, 0.25) is 0 Å². The molecule has 2 aromatic carbocycles. The van der Waals surface area contributed by atoms with Crippen LogP contribution >= 0.6 is 0 Å². The summed E-state index contributed by atoms with van der Waals surface area (Å²) in [6, 6.07) is 11.9. The van der Waals surface area contributed by atoms with Crippen LogP contribution < -0.4 is 4.74 Å². The van der Waals surface area contributed by atoms with Crippen molar-refractivity contribution in [3.8, 4) is 5.75 Å². The van der Waals surface area contributed by atoms with E-state index in [0.29, 0.717) is 5.06 Å². The highest BCUT2D eigenvalue weighted by Crippen LogP contribution is 2.23. The molecule has 0 bridgehead atoms. The van der Waals surface area contributed by atoms with Crippen molar-refractivity contribution in [3.05, 3.63) is 65.5 Å². The van der Waals surface area contributed by atoms with Crippen LogP contribution in [0.3, 0.4) is 0 Å². The van der Waals surface area contributed by atoms with E-state index < -0.39 is 23.6 Å². The lowest BCUT2D eigenvalue weighted by Gasteiger charge is -2.13. The first-order valence-corrected chi connectivity index (χ1v) is 7.14. The second kappa shape index (κ2) is 6.49. The van der Waals surface area contributed by atoms with Crippen molar-refractivity contribution >= 4 is 17.8 Å². The molecule has 122 valence electrons. The number of carbonyl (C=O) groups is 3. The number of fused-ring (bicyclic) bond motifs is 1. The van der Waals surface area contributed by atoms with E-state index in [1.807, 2.05) is 0 Å². The van der Waals surface area contributed by atoms with Crippen LogP contribution in [0.25, 0.3) is 0 Å². The molecule has 1 aliphatic rings. The lowest BCUT2D eigenvalue weighted by atomic mass is 10.1. The Morgan fingerprint density at radius 2 is 1.54 bits per heavy atom. The lowest BCUT2D eigenvalue weighted by molar-refractivity contribution is -0.169. The number of imide groups is 1. The highest BCUT2D eigenvalue weighted by Gasteiger charge is 2.38. The fourth-order valence-corrected chi connectivity index (χ4v) is 2.20. The lowest BCUT2D eigenvalue weighted by Crippen LogP contribution is -2.33. The van der Waals surface area contributed by atoms with E-state index in [1.54, 1.807) is 18.2 Å². The van der Waals surface area contributed by atoms with Crippen LogP contribution in [0.2, 0.25) is 0 Å². The van der Waals surface area contributed by atoms with Gasteiger partial charge in [-0.3, -0.25) is 9.59 Å². The number of hydroxylamine groups is 2. The predicted octanol–water partition coefficient (Wildman–Crippen LogP) is 2.35. The highest BCUT2D eigenvalue weighted by molar-refractivity contribution is 6.20. The number of para-hydroxylation sites is 1. The van der Waals surface area contributed by atoms with Crippen LogP contribution in [0, 0.1) is 5.82 Å². The molecule has 7 heteroatoms. The number of benzene rings is 2. The van der Waals surface area contributed by atoms with Gasteiger partial charge < -0.3 is 9.57 Å². The average molecular weight is 329 g/mol. The zero-order valence-electron chi connectivity index (χ0n) is 12.4. The third-order valence-corrected chi connectivity index (χ3v) is 3.35. The Balaban J connectivity index is 1.56. The van der Waals surface area contributed by atoms with E-state index in [9.17, 15) is 18.8 Å². The molecular weight excluding hydrogens is 317 g/mol. The molecule has 3 rings (SSSR count). The highest BCUT2D eigenvalue weighted by atomic mass is 19.1. The molecule has 0 N–H and O–H groups in total. The summed E-state index contributed by atoms with van der Waals surface area (Å²) in [5.74, 6) is -2.77. The summed E-state index contributed by atoms with van der Waals surface area (Å²) in [5, 5.41) is 0.427. The van der Waals surface area contributed by atoms with Crippen LogP contribution in [0.5, 0.6) is 5.75 Å². The van der Waals surface area contributed by atoms with Gasteiger partial charge in [0.05, 0.1) is 24.2 Å². The smallest absolute Gasteiger partial charge is 0.336 e. The van der Waals surface area contributed by atoms with Crippen molar-refractivity contribution in [2.24, 2.45) is 0 Å². The first kappa shape index (κ1) is 15.7. The van der Waals surface area contributed by atoms with Gasteiger partial charge >= 0.3 is 5.97 Å². The second-order valence-corrected chi connectivity index (χ2v) is 4.94. The van der Waals surface area contributed by atoms with Crippen LogP contribution in [0.15, 0.2) is 48.5 Å². The van der Waals surface area contributed by atoms with E-state index in [4.69, 9.17) is 9.57 Å². The number of ether oxygens (including phenoxy) is 1. The standard InChI is InChI=1S/C17H12FNO5/c18-13-7-3-4-8-14(13)23-10-9-15(20)24-19-16(21)11-5-1-2-6-12(11)17(19)22/h1-8H,9-10H2. The van der Waals surface area contributed by atoms with E-state index >= 15 is 0 Å². The first-order valence-electron chi connectivity index (χ1n) is 7.14. The fourth-order valence-electron chi connectivity index (χ4n) is 2.20. The van der Waals surface area contributed by atoms with Crippen LogP contribution in [-0.4, -0.2) is 29.5 Å². The Kier molecular flexibility index (Phi) is 4.24. The van der Waals surface area contributed by atoms with Gasteiger partial charge in [-0.15, -0.1) is 0 Å². The van der Waals surface area contributed by atoms with Gasteiger partial charge in [-0.25, -0.2) is 9.18 Å². The maximum atomic E-state index is 13.4. The zero-order chi connectivity index (χ0) is 17.1. The van der Waals surface area contributed by atoms with Crippen molar-refractivity contribution in [2.45, 2.75) is 6.42 Å². The molecule has 0 saturated carbocycles. The molecule has 0 aliphatic carbocycles. The second-order valence-electron chi connectivity index (χ2n) is 4.94. The van der Waals surface area contributed by atoms with E-state index in [1.165, 1.54) is 30.3 Å². The van der Waals surface area contributed by atoms with Crippen molar-refractivity contribution < 1.29 is 28.3 Å². The summed E-state index contributed by atoms with van der Waals surface area (Å²) in [6.45, 7) is -0.150. The molecule has 0 saturated heterocycles. The van der Waals surface area contributed by atoms with Gasteiger partial charge in [-0.2, -0.15) is 0 Å². The van der Waals surface area contributed by atoms with E-state index in [0.717, 1.165) is 0 Å². The molecule has 1 heterocycles. The molecule has 0 atom stereocenters. The summed E-state index contributed by atoms with van der Waals surface area (Å²) < 4.78 is 18.5. The molecule has 2 amide bonds. The Bertz CT molecular complexity index is 785. The quantitative estimate of drug-likeness (QED) is 0.787. The molecule has 24 heavy (non-hydrogen) atoms. The molecule has 0 fully saturated rings. The summed E-state index contributed by atoms with van der Waals surface area (Å²) in [4.78, 5) is 40.6. The maximum Gasteiger partial charge on any atom is 0.336 e. The van der Waals surface area contributed by atoms with Crippen molar-refractivity contribution in [1.82, 2.24) is 5.06 Å². The summed E-state index contributed by atoms with van der Waals surface area (Å²) >= 11 is 0. The Hall–Kier alpha value is -3.22. The number of amides is 2. The maximum absolute atomic E-state index is 13.4. The third kappa shape index (κ3) is 2.96. The van der Waals surface area contributed by atoms with Gasteiger partial charge in [-0.05, 0) is 24.3 Å². The van der Waals surface area contributed by atoms with Crippen LogP contribution in [0.1, 0.15) is 27.1 Å². The molecule has 0 spiro atoms. The molecule has 2 aromatic rings. The average Bonchev–Trinajstić information content (AvgIpc) is 2.82. The SMILES string of the molecule is O=C(CCOc1ccccc1F)ON1C(=O)c2ccccc2C1=O. The predicted molar refractivity (Wildman–Crippen MR) is 79.5 cm³/mol. The Labute approximate surface area is 136 Å². The van der Waals surface area contributed by atoms with Gasteiger partial charge in [0.1, 0.15) is 0 Å². The molecule has 1 aliphatic heterocycles. The molecule has 0 radical (unpaired) electrons.